The number of carbonyl (C=O) groups excluding carboxylic acids is 2. The van der Waals surface area contributed by atoms with Gasteiger partial charge in [0.1, 0.15) is 6.54 Å². The van der Waals surface area contributed by atoms with Crippen LogP contribution in [0.1, 0.15) is 20.8 Å². The van der Waals surface area contributed by atoms with Crippen LogP contribution in [0.5, 0.6) is 0 Å². The first-order valence-corrected chi connectivity index (χ1v) is 7.89. The molecule has 0 saturated carbocycles. The number of aromatic nitrogens is 1. The van der Waals surface area contributed by atoms with Crippen LogP contribution in [0, 0.1) is 0 Å². The number of hydrogen-bond acceptors (Lipinski definition) is 3. The molecule has 1 heterocycles. The van der Waals surface area contributed by atoms with E-state index >= 15 is 0 Å². The van der Waals surface area contributed by atoms with E-state index in [-0.39, 0.29) is 11.8 Å². The van der Waals surface area contributed by atoms with Gasteiger partial charge in [0.05, 0.1) is 6.04 Å². The molecule has 0 unspecified atom stereocenters. The Morgan fingerprint density at radius 1 is 1.26 bits per heavy atom. The lowest BCUT2D eigenvalue weighted by molar-refractivity contribution is -0.131. The Morgan fingerprint density at radius 3 is 2.57 bits per heavy atom. The van der Waals surface area contributed by atoms with Crippen molar-refractivity contribution in [3.63, 3.8) is 0 Å². The Balaban J connectivity index is 2.19. The van der Waals surface area contributed by atoms with Crippen molar-refractivity contribution in [2.45, 2.75) is 33.4 Å². The molecular formula is C17H24N4O2. The van der Waals surface area contributed by atoms with Gasteiger partial charge in [-0.05, 0) is 45.0 Å². The molecule has 0 fully saturated rings. The Morgan fingerprint density at radius 2 is 1.96 bits per heavy atom. The number of amides is 2. The smallest absolute Gasteiger partial charge is 0.242 e. The van der Waals surface area contributed by atoms with Crippen molar-refractivity contribution < 1.29 is 9.59 Å². The predicted octanol–water partition coefficient (Wildman–Crippen LogP) is 1.80. The number of benzene rings is 1. The molecule has 0 saturated heterocycles. The summed E-state index contributed by atoms with van der Waals surface area (Å²) in [6, 6.07) is 6.99. The Kier molecular flexibility index (Phi) is 5.39. The van der Waals surface area contributed by atoms with Crippen LogP contribution in [-0.2, 0) is 16.1 Å². The molecule has 0 bridgehead atoms. The van der Waals surface area contributed by atoms with Crippen LogP contribution >= 0.6 is 0 Å². The zero-order valence-corrected chi connectivity index (χ0v) is 13.9. The summed E-state index contributed by atoms with van der Waals surface area (Å²) >= 11 is 0. The molecule has 2 rings (SSSR count). The van der Waals surface area contributed by atoms with E-state index in [0.29, 0.717) is 25.3 Å². The van der Waals surface area contributed by atoms with Crippen molar-refractivity contribution in [2.75, 3.05) is 18.4 Å². The van der Waals surface area contributed by atoms with Gasteiger partial charge in [-0.25, -0.2) is 0 Å². The summed E-state index contributed by atoms with van der Waals surface area (Å²) in [5.41, 5.74) is 7.22. The zero-order chi connectivity index (χ0) is 17.0. The first kappa shape index (κ1) is 17.0. The summed E-state index contributed by atoms with van der Waals surface area (Å²) in [7, 11) is 0. The lowest BCUT2D eigenvalue weighted by atomic mass is 10.2. The average molecular weight is 316 g/mol. The maximum Gasteiger partial charge on any atom is 0.242 e. The third-order valence-corrected chi connectivity index (χ3v) is 3.87. The molecule has 6 heteroatoms. The number of nitrogens with two attached hydrogens (primary N) is 1. The van der Waals surface area contributed by atoms with E-state index in [1.54, 1.807) is 6.92 Å². The predicted molar refractivity (Wildman–Crippen MR) is 92.1 cm³/mol. The van der Waals surface area contributed by atoms with E-state index in [9.17, 15) is 9.59 Å². The van der Waals surface area contributed by atoms with Gasteiger partial charge in [-0.15, -0.1) is 0 Å². The third kappa shape index (κ3) is 3.90. The SMILES string of the molecule is CCN(CC)C(=O)Cn1ccc2cc(NC(=O)[C@H](C)N)ccc21. The van der Waals surface area contributed by atoms with Gasteiger partial charge >= 0.3 is 0 Å². The van der Waals surface area contributed by atoms with Crippen LogP contribution in [0.2, 0.25) is 0 Å². The highest BCUT2D eigenvalue weighted by molar-refractivity contribution is 5.96. The Labute approximate surface area is 136 Å². The Bertz CT molecular complexity index is 702. The number of likely N-dealkylation sites (N-methyl/N-ethyl adjacent to an activating group) is 1. The molecule has 2 aromatic rings. The summed E-state index contributed by atoms with van der Waals surface area (Å²) < 4.78 is 1.92. The minimum absolute atomic E-state index is 0.0989. The largest absolute Gasteiger partial charge is 0.342 e. The molecule has 1 aromatic carbocycles. The van der Waals surface area contributed by atoms with Crippen LogP contribution in [0.25, 0.3) is 10.9 Å². The van der Waals surface area contributed by atoms with E-state index in [2.05, 4.69) is 5.32 Å². The second kappa shape index (κ2) is 7.28. The zero-order valence-electron chi connectivity index (χ0n) is 13.9. The highest BCUT2D eigenvalue weighted by Gasteiger charge is 2.12. The van der Waals surface area contributed by atoms with Crippen molar-refractivity contribution in [1.82, 2.24) is 9.47 Å². The van der Waals surface area contributed by atoms with Gasteiger partial charge in [-0.3, -0.25) is 9.59 Å². The number of nitrogens with one attached hydrogen (secondary N) is 1. The molecule has 3 N–H and O–H groups in total. The number of fused-ring (bicyclic) bond motifs is 1. The van der Waals surface area contributed by atoms with Crippen LogP contribution in [0.3, 0.4) is 0 Å². The topological polar surface area (TPSA) is 80.4 Å². The van der Waals surface area contributed by atoms with Gasteiger partial charge in [0.2, 0.25) is 11.8 Å². The molecule has 0 aliphatic rings. The van der Waals surface area contributed by atoms with Gasteiger partial charge in [0.25, 0.3) is 0 Å². The fraction of sp³-hybridized carbons (Fsp3) is 0.412. The van der Waals surface area contributed by atoms with Crippen molar-refractivity contribution in [3.8, 4) is 0 Å². The maximum absolute atomic E-state index is 12.2. The number of rotatable bonds is 6. The van der Waals surface area contributed by atoms with E-state index in [1.807, 2.05) is 53.8 Å². The van der Waals surface area contributed by atoms with Crippen LogP contribution < -0.4 is 11.1 Å². The van der Waals surface area contributed by atoms with Gasteiger partial charge in [-0.1, -0.05) is 0 Å². The second-order valence-corrected chi connectivity index (χ2v) is 5.56. The summed E-state index contributed by atoms with van der Waals surface area (Å²) in [5, 5.41) is 3.74. The van der Waals surface area contributed by atoms with Crippen molar-refractivity contribution >= 4 is 28.4 Å². The standard InChI is InChI=1S/C17H24N4O2/c1-4-20(5-2)16(22)11-21-9-8-13-10-14(6-7-15(13)21)19-17(23)12(3)18/h6-10,12H,4-5,11,18H2,1-3H3,(H,19,23)/t12-/m0/s1. The maximum atomic E-state index is 12.2. The van der Waals surface area contributed by atoms with E-state index in [1.165, 1.54) is 0 Å². The van der Waals surface area contributed by atoms with Crippen LogP contribution in [0.15, 0.2) is 30.5 Å². The summed E-state index contributed by atoms with van der Waals surface area (Å²) in [6.07, 6.45) is 1.89. The minimum Gasteiger partial charge on any atom is -0.342 e. The van der Waals surface area contributed by atoms with Gasteiger partial charge in [0, 0.05) is 35.9 Å². The molecule has 124 valence electrons. The number of hydrogen-bond donors (Lipinski definition) is 2. The molecule has 0 aliphatic carbocycles. The highest BCUT2D eigenvalue weighted by Crippen LogP contribution is 2.21. The molecule has 0 spiro atoms. The average Bonchev–Trinajstić information content (AvgIpc) is 2.90. The molecule has 23 heavy (non-hydrogen) atoms. The summed E-state index contributed by atoms with van der Waals surface area (Å²) in [5.74, 6) is -0.123. The number of anilines is 1. The van der Waals surface area contributed by atoms with E-state index in [4.69, 9.17) is 5.73 Å². The first-order valence-electron chi connectivity index (χ1n) is 7.89. The van der Waals surface area contributed by atoms with Crippen molar-refractivity contribution in [3.05, 3.63) is 30.5 Å². The lowest BCUT2D eigenvalue weighted by Gasteiger charge is -2.19. The van der Waals surface area contributed by atoms with Gasteiger partial charge in [-0.2, -0.15) is 0 Å². The first-order chi connectivity index (χ1) is 11.0. The van der Waals surface area contributed by atoms with Gasteiger partial charge < -0.3 is 20.5 Å². The molecule has 6 nitrogen and oxygen atoms in total. The fourth-order valence-electron chi connectivity index (χ4n) is 2.49. The Hall–Kier alpha value is -2.34. The molecule has 2 amide bonds. The fourth-order valence-corrected chi connectivity index (χ4v) is 2.49. The minimum atomic E-state index is -0.554. The highest BCUT2D eigenvalue weighted by atomic mass is 16.2. The monoisotopic (exact) mass is 316 g/mol. The van der Waals surface area contributed by atoms with E-state index in [0.717, 1.165) is 10.9 Å². The summed E-state index contributed by atoms with van der Waals surface area (Å²) in [4.78, 5) is 25.7. The quantitative estimate of drug-likeness (QED) is 0.852. The normalized spacial score (nSPS) is 12.2. The van der Waals surface area contributed by atoms with Crippen molar-refractivity contribution in [2.24, 2.45) is 5.73 Å². The van der Waals surface area contributed by atoms with Crippen molar-refractivity contribution in [1.29, 1.82) is 0 Å². The lowest BCUT2D eigenvalue weighted by Crippen LogP contribution is -2.33. The van der Waals surface area contributed by atoms with Crippen LogP contribution in [-0.4, -0.2) is 40.4 Å². The molecule has 1 aromatic heterocycles. The number of carbonyl (C=O) groups is 2. The van der Waals surface area contributed by atoms with Crippen LogP contribution in [0.4, 0.5) is 5.69 Å². The van der Waals surface area contributed by atoms with E-state index < -0.39 is 6.04 Å². The third-order valence-electron chi connectivity index (χ3n) is 3.87. The molecule has 1 atom stereocenters. The van der Waals surface area contributed by atoms with Gasteiger partial charge in [0.15, 0.2) is 0 Å². The number of nitrogens with zero attached hydrogens (tertiary/aromatic N) is 2. The molecular weight excluding hydrogens is 292 g/mol. The molecule has 0 radical (unpaired) electrons. The molecule has 0 aliphatic heterocycles. The second-order valence-electron chi connectivity index (χ2n) is 5.56. The summed E-state index contributed by atoms with van der Waals surface area (Å²) in [6.45, 7) is 7.33.